The van der Waals surface area contributed by atoms with Crippen LogP contribution in [0.1, 0.15) is 17.2 Å². The number of aliphatic hydroxyl groups is 1. The van der Waals surface area contributed by atoms with Gasteiger partial charge in [0.1, 0.15) is 5.69 Å². The average Bonchev–Trinajstić information content (AvgIpc) is 2.52. The van der Waals surface area contributed by atoms with Gasteiger partial charge in [0, 0.05) is 11.1 Å². The largest absolute Gasteiger partial charge is 0.416 e. The van der Waals surface area contributed by atoms with Crippen molar-refractivity contribution in [1.82, 2.24) is 0 Å². The fraction of sp³-hybridized carbons (Fsp3) is 0.200. The number of nitrogens with zero attached hydrogens (tertiary/aromatic N) is 1. The van der Waals surface area contributed by atoms with Crippen LogP contribution in [-0.2, 0) is 6.18 Å². The summed E-state index contributed by atoms with van der Waals surface area (Å²) in [7, 11) is 0. The summed E-state index contributed by atoms with van der Waals surface area (Å²) in [5.41, 5.74) is -1.39. The van der Waals surface area contributed by atoms with Gasteiger partial charge in [-0.15, -0.1) is 0 Å². The van der Waals surface area contributed by atoms with E-state index in [0.29, 0.717) is 16.7 Å². The molecule has 0 aliphatic carbocycles. The van der Waals surface area contributed by atoms with E-state index in [9.17, 15) is 28.4 Å². The first-order valence-electron chi connectivity index (χ1n) is 6.71. The second kappa shape index (κ2) is 7.06. The summed E-state index contributed by atoms with van der Waals surface area (Å²) in [5, 5.41) is 23.7. The first-order valence-corrected chi connectivity index (χ1v) is 7.08. The van der Waals surface area contributed by atoms with E-state index >= 15 is 0 Å². The Morgan fingerprint density at radius 1 is 1.21 bits per heavy atom. The third kappa shape index (κ3) is 4.15. The van der Waals surface area contributed by atoms with Gasteiger partial charge in [-0.2, -0.15) is 13.2 Å². The molecular weight excluding hydrogens is 349 g/mol. The molecule has 2 aromatic rings. The van der Waals surface area contributed by atoms with Crippen LogP contribution in [0.3, 0.4) is 0 Å². The molecule has 9 heteroatoms. The summed E-state index contributed by atoms with van der Waals surface area (Å²) < 4.78 is 38.1. The Bertz CT molecular complexity index is 736. The lowest BCUT2D eigenvalue weighted by Crippen LogP contribution is -2.16. The van der Waals surface area contributed by atoms with Gasteiger partial charge < -0.3 is 10.4 Å². The van der Waals surface area contributed by atoms with Gasteiger partial charge in [-0.3, -0.25) is 10.1 Å². The summed E-state index contributed by atoms with van der Waals surface area (Å²) in [6, 6.07) is 7.78. The number of alkyl halides is 3. The molecule has 2 rings (SSSR count). The molecule has 0 saturated carbocycles. The average molecular weight is 361 g/mol. The molecule has 0 amide bonds. The number of benzene rings is 2. The maximum absolute atomic E-state index is 12.7. The molecule has 0 heterocycles. The summed E-state index contributed by atoms with van der Waals surface area (Å²) in [4.78, 5) is 10.2. The van der Waals surface area contributed by atoms with Crippen molar-refractivity contribution in [2.24, 2.45) is 0 Å². The number of aliphatic hydroxyl groups excluding tert-OH is 1. The normalized spacial score (nSPS) is 12.7. The number of halogens is 4. The highest BCUT2D eigenvalue weighted by atomic mass is 35.5. The molecule has 1 atom stereocenters. The van der Waals surface area contributed by atoms with Crippen LogP contribution in [0.5, 0.6) is 0 Å². The maximum Gasteiger partial charge on any atom is 0.416 e. The molecule has 5 nitrogen and oxygen atoms in total. The Kier molecular flexibility index (Phi) is 5.30. The minimum atomic E-state index is -4.68. The first-order chi connectivity index (χ1) is 11.2. The van der Waals surface area contributed by atoms with E-state index in [1.54, 1.807) is 24.3 Å². The van der Waals surface area contributed by atoms with Crippen LogP contribution in [0.25, 0.3) is 0 Å². The van der Waals surface area contributed by atoms with Crippen LogP contribution >= 0.6 is 11.6 Å². The molecule has 0 bridgehead atoms. The highest BCUT2D eigenvalue weighted by molar-refractivity contribution is 6.30. The zero-order chi connectivity index (χ0) is 17.9. The zero-order valence-electron chi connectivity index (χ0n) is 12.0. The number of hydrogen-bond acceptors (Lipinski definition) is 4. The van der Waals surface area contributed by atoms with Gasteiger partial charge in [-0.1, -0.05) is 23.7 Å². The second-order valence-corrected chi connectivity index (χ2v) is 5.35. The molecule has 2 N–H and O–H groups in total. The predicted molar refractivity (Wildman–Crippen MR) is 83.0 cm³/mol. The molecule has 0 fully saturated rings. The van der Waals surface area contributed by atoms with Crippen molar-refractivity contribution in [1.29, 1.82) is 0 Å². The lowest BCUT2D eigenvalue weighted by atomic mass is 10.1. The van der Waals surface area contributed by atoms with E-state index in [2.05, 4.69) is 5.32 Å². The van der Waals surface area contributed by atoms with Crippen molar-refractivity contribution in [3.05, 3.63) is 68.7 Å². The standard InChI is InChI=1S/C15H12ClF3N2O3/c16-11-4-1-9(2-5-11)13(8-22)20-12-6-3-10(15(17,18)19)7-14(12)21(23)24/h1-7,13,20,22H,8H2. The minimum Gasteiger partial charge on any atom is -0.394 e. The highest BCUT2D eigenvalue weighted by Crippen LogP contribution is 2.36. The van der Waals surface area contributed by atoms with Crippen LogP contribution in [0.2, 0.25) is 5.02 Å². The Balaban J connectivity index is 2.36. The lowest BCUT2D eigenvalue weighted by molar-refractivity contribution is -0.384. The van der Waals surface area contributed by atoms with Crippen LogP contribution in [0.4, 0.5) is 24.5 Å². The van der Waals surface area contributed by atoms with Crippen molar-refractivity contribution in [2.45, 2.75) is 12.2 Å². The van der Waals surface area contributed by atoms with Crippen molar-refractivity contribution < 1.29 is 23.2 Å². The van der Waals surface area contributed by atoms with Crippen LogP contribution in [-0.4, -0.2) is 16.6 Å². The first kappa shape index (κ1) is 18.0. The van der Waals surface area contributed by atoms with Gasteiger partial charge in [0.25, 0.3) is 5.69 Å². The van der Waals surface area contributed by atoms with E-state index in [-0.39, 0.29) is 5.69 Å². The predicted octanol–water partition coefficient (Wildman–Crippen LogP) is 4.41. The quantitative estimate of drug-likeness (QED) is 0.611. The number of nitro benzene ring substituents is 1. The molecular formula is C15H12ClF3N2O3. The molecule has 0 radical (unpaired) electrons. The van der Waals surface area contributed by atoms with E-state index in [4.69, 9.17) is 11.6 Å². The van der Waals surface area contributed by atoms with Gasteiger partial charge in [0.15, 0.2) is 0 Å². The number of anilines is 1. The van der Waals surface area contributed by atoms with Crippen molar-refractivity contribution in [3.63, 3.8) is 0 Å². The second-order valence-electron chi connectivity index (χ2n) is 4.92. The van der Waals surface area contributed by atoms with Crippen molar-refractivity contribution >= 4 is 23.0 Å². The van der Waals surface area contributed by atoms with Crippen LogP contribution < -0.4 is 5.32 Å². The molecule has 0 spiro atoms. The fourth-order valence-electron chi connectivity index (χ4n) is 2.10. The van der Waals surface area contributed by atoms with Gasteiger partial charge >= 0.3 is 6.18 Å². The van der Waals surface area contributed by atoms with Crippen LogP contribution in [0.15, 0.2) is 42.5 Å². The third-order valence-electron chi connectivity index (χ3n) is 3.31. The third-order valence-corrected chi connectivity index (χ3v) is 3.56. The minimum absolute atomic E-state index is 0.123. The molecule has 1 unspecified atom stereocenters. The Morgan fingerprint density at radius 3 is 2.33 bits per heavy atom. The fourth-order valence-corrected chi connectivity index (χ4v) is 2.22. The van der Waals surface area contributed by atoms with Crippen molar-refractivity contribution in [3.8, 4) is 0 Å². The maximum atomic E-state index is 12.7. The van der Waals surface area contributed by atoms with Gasteiger partial charge in [-0.25, -0.2) is 0 Å². The van der Waals surface area contributed by atoms with Crippen LogP contribution in [0, 0.1) is 10.1 Å². The Hall–Kier alpha value is -2.32. The number of nitro groups is 1. The topological polar surface area (TPSA) is 75.4 Å². The molecule has 0 aliphatic heterocycles. The summed E-state index contributed by atoms with van der Waals surface area (Å²) in [5.74, 6) is 0. The summed E-state index contributed by atoms with van der Waals surface area (Å²) in [6.07, 6.45) is -4.68. The van der Waals surface area contributed by atoms with E-state index in [1.165, 1.54) is 0 Å². The summed E-state index contributed by atoms with van der Waals surface area (Å²) in [6.45, 7) is -0.417. The molecule has 0 aliphatic rings. The van der Waals surface area contributed by atoms with E-state index in [1.807, 2.05) is 0 Å². The molecule has 2 aromatic carbocycles. The van der Waals surface area contributed by atoms with E-state index in [0.717, 1.165) is 12.1 Å². The lowest BCUT2D eigenvalue weighted by Gasteiger charge is -2.18. The molecule has 0 aromatic heterocycles. The van der Waals surface area contributed by atoms with E-state index < -0.39 is 35.0 Å². The highest BCUT2D eigenvalue weighted by Gasteiger charge is 2.33. The molecule has 0 saturated heterocycles. The number of nitrogens with one attached hydrogen (secondary N) is 1. The smallest absolute Gasteiger partial charge is 0.394 e. The summed E-state index contributed by atoms with van der Waals surface area (Å²) >= 11 is 5.77. The Morgan fingerprint density at radius 2 is 1.83 bits per heavy atom. The number of hydrogen-bond donors (Lipinski definition) is 2. The van der Waals surface area contributed by atoms with Crippen molar-refractivity contribution in [2.75, 3.05) is 11.9 Å². The van der Waals surface area contributed by atoms with Gasteiger partial charge in [0.05, 0.1) is 23.1 Å². The SMILES string of the molecule is O=[N+]([O-])c1cc(C(F)(F)F)ccc1NC(CO)c1ccc(Cl)cc1. The zero-order valence-corrected chi connectivity index (χ0v) is 12.8. The van der Waals surface area contributed by atoms with Gasteiger partial charge in [0.2, 0.25) is 0 Å². The molecule has 128 valence electrons. The number of rotatable bonds is 5. The monoisotopic (exact) mass is 360 g/mol. The molecule has 24 heavy (non-hydrogen) atoms. The Labute approximate surface area is 139 Å². The van der Waals surface area contributed by atoms with Gasteiger partial charge in [-0.05, 0) is 29.8 Å².